The molecule has 0 radical (unpaired) electrons. The van der Waals surface area contributed by atoms with Crippen LogP contribution in [0, 0.1) is 5.92 Å². The van der Waals surface area contributed by atoms with Crippen molar-refractivity contribution in [3.05, 3.63) is 35.4 Å². The third-order valence-corrected chi connectivity index (χ3v) is 4.51. The predicted octanol–water partition coefficient (Wildman–Crippen LogP) is 1.36. The van der Waals surface area contributed by atoms with Crippen molar-refractivity contribution in [3.63, 3.8) is 0 Å². The number of amides is 1. The molecule has 3 rings (SSSR count). The van der Waals surface area contributed by atoms with Crippen LogP contribution in [0.15, 0.2) is 24.3 Å². The lowest BCUT2D eigenvalue weighted by Gasteiger charge is -2.34. The van der Waals surface area contributed by atoms with Gasteiger partial charge in [0.25, 0.3) is 5.91 Å². The van der Waals surface area contributed by atoms with Crippen LogP contribution in [0.1, 0.15) is 28.8 Å². The number of hydrogen-bond donors (Lipinski definition) is 1. The van der Waals surface area contributed by atoms with Crippen molar-refractivity contribution >= 4 is 5.91 Å². The maximum absolute atomic E-state index is 12.5. The summed E-state index contributed by atoms with van der Waals surface area (Å²) in [5.41, 5.74) is 7.54. The van der Waals surface area contributed by atoms with E-state index in [-0.39, 0.29) is 5.91 Å². The number of benzene rings is 1. The van der Waals surface area contributed by atoms with E-state index in [1.165, 1.54) is 24.9 Å². The average Bonchev–Trinajstić information content (AvgIpc) is 3.32. The van der Waals surface area contributed by atoms with Gasteiger partial charge in [-0.1, -0.05) is 12.1 Å². The fourth-order valence-electron chi connectivity index (χ4n) is 2.96. The van der Waals surface area contributed by atoms with Crippen LogP contribution in [0.2, 0.25) is 0 Å². The van der Waals surface area contributed by atoms with Crippen molar-refractivity contribution in [3.8, 4) is 0 Å². The number of nitrogens with two attached hydrogens (primary N) is 1. The first kappa shape index (κ1) is 14.5. The van der Waals surface area contributed by atoms with Gasteiger partial charge in [-0.2, -0.15) is 0 Å². The largest absolute Gasteiger partial charge is 0.336 e. The van der Waals surface area contributed by atoms with Crippen molar-refractivity contribution in [2.75, 3.05) is 39.3 Å². The quantitative estimate of drug-likeness (QED) is 0.889. The summed E-state index contributed by atoms with van der Waals surface area (Å²) in [7, 11) is 0. The zero-order chi connectivity index (χ0) is 14.7. The minimum atomic E-state index is 0.167. The summed E-state index contributed by atoms with van der Waals surface area (Å²) in [6, 6.07) is 7.90. The number of nitrogens with zero attached hydrogens (tertiary/aromatic N) is 2. The highest BCUT2D eigenvalue weighted by molar-refractivity contribution is 5.94. The Hall–Kier alpha value is -1.39. The fraction of sp³-hybridized carbons (Fsp3) is 0.588. The first-order chi connectivity index (χ1) is 10.3. The maximum Gasteiger partial charge on any atom is 0.253 e. The van der Waals surface area contributed by atoms with Gasteiger partial charge < -0.3 is 10.6 Å². The standard InChI is InChI=1S/C17H25N3O/c18-8-7-14-3-5-16(6-4-14)17(21)20-11-9-19(10-12-20)13-15-1-2-15/h3-6,15H,1-2,7-13,18H2. The van der Waals surface area contributed by atoms with Gasteiger partial charge in [0.15, 0.2) is 0 Å². The molecular weight excluding hydrogens is 262 g/mol. The highest BCUT2D eigenvalue weighted by Gasteiger charge is 2.27. The zero-order valence-electron chi connectivity index (χ0n) is 12.6. The van der Waals surface area contributed by atoms with Crippen LogP contribution >= 0.6 is 0 Å². The summed E-state index contributed by atoms with van der Waals surface area (Å²) in [5.74, 6) is 1.10. The number of carbonyl (C=O) groups excluding carboxylic acids is 1. The van der Waals surface area contributed by atoms with Gasteiger partial charge in [-0.15, -0.1) is 0 Å². The molecule has 114 valence electrons. The second kappa shape index (κ2) is 6.58. The molecule has 21 heavy (non-hydrogen) atoms. The SMILES string of the molecule is NCCc1ccc(C(=O)N2CCN(CC3CC3)CC2)cc1. The van der Waals surface area contributed by atoms with E-state index in [1.54, 1.807) is 0 Å². The van der Waals surface area contributed by atoms with Crippen LogP contribution < -0.4 is 5.73 Å². The molecule has 2 aliphatic rings. The molecule has 2 N–H and O–H groups in total. The second-order valence-corrected chi connectivity index (χ2v) is 6.27. The van der Waals surface area contributed by atoms with E-state index in [9.17, 15) is 4.79 Å². The van der Waals surface area contributed by atoms with Crippen LogP contribution in [-0.4, -0.2) is 55.0 Å². The Morgan fingerprint density at radius 2 is 1.76 bits per heavy atom. The normalized spacial score (nSPS) is 19.8. The van der Waals surface area contributed by atoms with Crippen LogP contribution in [0.3, 0.4) is 0 Å². The minimum Gasteiger partial charge on any atom is -0.336 e. The van der Waals surface area contributed by atoms with E-state index in [0.29, 0.717) is 6.54 Å². The molecule has 0 atom stereocenters. The monoisotopic (exact) mass is 287 g/mol. The molecule has 0 bridgehead atoms. The lowest BCUT2D eigenvalue weighted by molar-refractivity contribution is 0.0632. The van der Waals surface area contributed by atoms with Gasteiger partial charge in [0, 0.05) is 38.3 Å². The number of hydrogen-bond acceptors (Lipinski definition) is 3. The third kappa shape index (κ3) is 3.83. The first-order valence-corrected chi connectivity index (χ1v) is 8.07. The molecule has 1 heterocycles. The lowest BCUT2D eigenvalue weighted by atomic mass is 10.1. The molecule has 4 heteroatoms. The number of rotatable bonds is 5. The van der Waals surface area contributed by atoms with Crippen molar-refractivity contribution in [1.82, 2.24) is 9.80 Å². The van der Waals surface area contributed by atoms with E-state index in [0.717, 1.165) is 44.1 Å². The van der Waals surface area contributed by atoms with E-state index < -0.39 is 0 Å². The van der Waals surface area contributed by atoms with E-state index in [4.69, 9.17) is 5.73 Å². The zero-order valence-corrected chi connectivity index (χ0v) is 12.6. The summed E-state index contributed by atoms with van der Waals surface area (Å²) < 4.78 is 0. The Bertz CT molecular complexity index is 473. The van der Waals surface area contributed by atoms with Gasteiger partial charge in [-0.3, -0.25) is 9.69 Å². The first-order valence-electron chi connectivity index (χ1n) is 8.07. The number of piperazine rings is 1. The molecule has 0 unspecified atom stereocenters. The van der Waals surface area contributed by atoms with E-state index in [2.05, 4.69) is 4.90 Å². The number of carbonyl (C=O) groups is 1. The molecule has 1 saturated carbocycles. The van der Waals surface area contributed by atoms with Crippen LogP contribution in [0.4, 0.5) is 0 Å². The molecule has 2 fully saturated rings. The highest BCUT2D eigenvalue weighted by Crippen LogP contribution is 2.29. The maximum atomic E-state index is 12.5. The summed E-state index contributed by atoms with van der Waals surface area (Å²) in [4.78, 5) is 17.0. The molecule has 1 aliphatic heterocycles. The van der Waals surface area contributed by atoms with Gasteiger partial charge >= 0.3 is 0 Å². The molecule has 1 aromatic carbocycles. The smallest absolute Gasteiger partial charge is 0.253 e. The topological polar surface area (TPSA) is 49.6 Å². The van der Waals surface area contributed by atoms with E-state index in [1.807, 2.05) is 29.2 Å². The van der Waals surface area contributed by atoms with Gasteiger partial charge in [0.1, 0.15) is 0 Å². The molecule has 0 spiro atoms. The molecular formula is C17H25N3O. The molecule has 1 saturated heterocycles. The average molecular weight is 287 g/mol. The molecule has 0 aromatic heterocycles. The Kier molecular flexibility index (Phi) is 4.56. The van der Waals surface area contributed by atoms with Crippen molar-refractivity contribution in [2.24, 2.45) is 11.7 Å². The second-order valence-electron chi connectivity index (χ2n) is 6.27. The molecule has 4 nitrogen and oxygen atoms in total. The third-order valence-electron chi connectivity index (χ3n) is 4.51. The Morgan fingerprint density at radius 3 is 2.33 bits per heavy atom. The van der Waals surface area contributed by atoms with Crippen LogP contribution in [0.25, 0.3) is 0 Å². The Morgan fingerprint density at radius 1 is 1.10 bits per heavy atom. The summed E-state index contributed by atoms with van der Waals surface area (Å²) in [5, 5.41) is 0. The predicted molar refractivity (Wildman–Crippen MR) is 84.3 cm³/mol. The molecule has 1 aromatic rings. The summed E-state index contributed by atoms with van der Waals surface area (Å²) in [6.45, 7) is 5.64. The van der Waals surface area contributed by atoms with Gasteiger partial charge in [0.05, 0.1) is 0 Å². The molecule has 1 amide bonds. The van der Waals surface area contributed by atoms with Gasteiger partial charge in [0.2, 0.25) is 0 Å². The van der Waals surface area contributed by atoms with Gasteiger partial charge in [-0.05, 0) is 49.4 Å². The highest BCUT2D eigenvalue weighted by atomic mass is 16.2. The van der Waals surface area contributed by atoms with Gasteiger partial charge in [-0.25, -0.2) is 0 Å². The lowest BCUT2D eigenvalue weighted by Crippen LogP contribution is -2.49. The van der Waals surface area contributed by atoms with Crippen LogP contribution in [-0.2, 0) is 6.42 Å². The fourth-order valence-corrected chi connectivity index (χ4v) is 2.96. The molecule has 1 aliphatic carbocycles. The summed E-state index contributed by atoms with van der Waals surface area (Å²) in [6.07, 6.45) is 3.66. The van der Waals surface area contributed by atoms with Crippen molar-refractivity contribution < 1.29 is 4.79 Å². The van der Waals surface area contributed by atoms with Crippen molar-refractivity contribution in [2.45, 2.75) is 19.3 Å². The van der Waals surface area contributed by atoms with Crippen molar-refractivity contribution in [1.29, 1.82) is 0 Å². The van der Waals surface area contributed by atoms with E-state index >= 15 is 0 Å². The Balaban J connectivity index is 1.52. The van der Waals surface area contributed by atoms with Crippen LogP contribution in [0.5, 0.6) is 0 Å². The minimum absolute atomic E-state index is 0.167. The summed E-state index contributed by atoms with van der Waals surface area (Å²) >= 11 is 0. The Labute approximate surface area is 126 Å².